The number of benzene rings is 2. The number of ether oxygens (including phenoxy) is 1. The van der Waals surface area contributed by atoms with Crippen LogP contribution in [0.1, 0.15) is 12.0 Å². The number of likely N-dealkylation sites (N-methyl/N-ethyl adjacent to an activating group) is 1. The van der Waals surface area contributed by atoms with E-state index in [1.54, 1.807) is 12.1 Å². The molecule has 172 valence electrons. The minimum absolute atomic E-state index is 0.0286. The Hall–Kier alpha value is -2.95. The van der Waals surface area contributed by atoms with E-state index in [2.05, 4.69) is 10.0 Å². The van der Waals surface area contributed by atoms with Crippen molar-refractivity contribution in [3.05, 3.63) is 59.1 Å². The third-order valence-corrected chi connectivity index (χ3v) is 5.92. The van der Waals surface area contributed by atoms with Crippen LogP contribution in [0.2, 0.25) is 5.02 Å². The van der Waals surface area contributed by atoms with Gasteiger partial charge in [0, 0.05) is 24.3 Å². The van der Waals surface area contributed by atoms with Crippen molar-refractivity contribution in [1.29, 1.82) is 0 Å². The number of rotatable bonds is 10. The van der Waals surface area contributed by atoms with Crippen LogP contribution in [0.4, 0.5) is 5.69 Å². The van der Waals surface area contributed by atoms with Crippen LogP contribution in [0, 0.1) is 6.92 Å². The molecular weight excluding hydrogens is 458 g/mol. The normalized spacial score (nSPS) is 11.0. The van der Waals surface area contributed by atoms with Gasteiger partial charge >= 0.3 is 5.97 Å². The zero-order valence-corrected chi connectivity index (χ0v) is 19.2. The summed E-state index contributed by atoms with van der Waals surface area (Å²) in [5.74, 6) is -1.73. The second kappa shape index (κ2) is 11.6. The number of hydrogen-bond donors (Lipinski definition) is 2. The number of hydrogen-bond acceptors (Lipinski definition) is 6. The molecule has 0 aliphatic heterocycles. The monoisotopic (exact) mass is 481 g/mol. The number of sulfonamides is 1. The first-order chi connectivity index (χ1) is 15.1. The number of carbonyl (C=O) groups is 3. The molecule has 2 amide bonds. The highest BCUT2D eigenvalue weighted by atomic mass is 35.5. The summed E-state index contributed by atoms with van der Waals surface area (Å²) in [6.45, 7) is 0.933. The zero-order chi connectivity index (χ0) is 23.7. The van der Waals surface area contributed by atoms with Crippen molar-refractivity contribution in [2.45, 2.75) is 18.2 Å². The first kappa shape index (κ1) is 25.3. The molecule has 2 rings (SSSR count). The number of nitrogens with one attached hydrogen (secondary N) is 2. The molecule has 0 fully saturated rings. The quantitative estimate of drug-likeness (QED) is 0.500. The number of halogens is 1. The lowest BCUT2D eigenvalue weighted by atomic mass is 10.2. The van der Waals surface area contributed by atoms with E-state index in [-0.39, 0.29) is 29.4 Å². The van der Waals surface area contributed by atoms with Gasteiger partial charge in [-0.25, -0.2) is 13.1 Å². The first-order valence-corrected chi connectivity index (χ1v) is 11.4. The van der Waals surface area contributed by atoms with Crippen LogP contribution in [-0.4, -0.2) is 57.8 Å². The average Bonchev–Trinajstić information content (AvgIpc) is 2.73. The van der Waals surface area contributed by atoms with E-state index >= 15 is 0 Å². The van der Waals surface area contributed by atoms with Gasteiger partial charge in [0.25, 0.3) is 5.91 Å². The summed E-state index contributed by atoms with van der Waals surface area (Å²) in [6, 6.07) is 12.9. The van der Waals surface area contributed by atoms with E-state index in [1.807, 2.05) is 19.1 Å². The predicted molar refractivity (Wildman–Crippen MR) is 120 cm³/mol. The number of carbonyl (C=O) groups excluding carboxylic acids is 3. The maximum atomic E-state index is 12.2. The molecule has 11 heteroatoms. The molecule has 9 nitrogen and oxygen atoms in total. The van der Waals surface area contributed by atoms with E-state index < -0.39 is 34.4 Å². The lowest BCUT2D eigenvalue weighted by molar-refractivity contribution is -0.151. The molecule has 0 bridgehead atoms. The standard InChI is InChI=1S/C21H24ClN3O6S/c1-15-6-8-17(9-7-15)24-19(26)13-25(2)20(27)14-31-21(28)10-11-23-32(29,30)18-5-3-4-16(22)12-18/h3-9,12,23H,10-11,13-14H2,1-2H3,(H,24,26). The Morgan fingerprint density at radius 1 is 1.09 bits per heavy atom. The van der Waals surface area contributed by atoms with Gasteiger partial charge in [0.15, 0.2) is 6.61 Å². The Morgan fingerprint density at radius 2 is 1.78 bits per heavy atom. The topological polar surface area (TPSA) is 122 Å². The molecule has 0 unspecified atom stereocenters. The van der Waals surface area contributed by atoms with Gasteiger partial charge in [0.1, 0.15) is 0 Å². The predicted octanol–water partition coefficient (Wildman–Crippen LogP) is 1.96. The van der Waals surface area contributed by atoms with Gasteiger partial charge in [-0.3, -0.25) is 14.4 Å². The molecule has 0 atom stereocenters. The Kier molecular flexibility index (Phi) is 9.18. The Morgan fingerprint density at radius 3 is 2.44 bits per heavy atom. The minimum Gasteiger partial charge on any atom is -0.456 e. The summed E-state index contributed by atoms with van der Waals surface area (Å²) in [5, 5.41) is 2.93. The summed E-state index contributed by atoms with van der Waals surface area (Å²) in [6.07, 6.45) is -0.273. The van der Waals surface area contributed by atoms with Crippen molar-refractivity contribution in [3.8, 4) is 0 Å². The van der Waals surface area contributed by atoms with E-state index in [0.29, 0.717) is 5.69 Å². The summed E-state index contributed by atoms with van der Waals surface area (Å²) in [5.41, 5.74) is 1.66. The molecule has 0 spiro atoms. The molecular formula is C21H24ClN3O6S. The smallest absolute Gasteiger partial charge is 0.307 e. The number of aryl methyl sites for hydroxylation is 1. The molecule has 0 aliphatic rings. The summed E-state index contributed by atoms with van der Waals surface area (Å²) in [7, 11) is -2.42. The van der Waals surface area contributed by atoms with Crippen LogP contribution in [-0.2, 0) is 29.1 Å². The van der Waals surface area contributed by atoms with E-state index in [1.165, 1.54) is 31.3 Å². The maximum Gasteiger partial charge on any atom is 0.307 e. The lowest BCUT2D eigenvalue weighted by Gasteiger charge is -2.17. The van der Waals surface area contributed by atoms with Gasteiger partial charge in [0.2, 0.25) is 15.9 Å². The largest absolute Gasteiger partial charge is 0.456 e. The van der Waals surface area contributed by atoms with Crippen molar-refractivity contribution in [2.75, 3.05) is 32.1 Å². The van der Waals surface area contributed by atoms with Crippen molar-refractivity contribution >= 4 is 45.1 Å². The van der Waals surface area contributed by atoms with Crippen LogP contribution in [0.3, 0.4) is 0 Å². The van der Waals surface area contributed by atoms with Crippen molar-refractivity contribution < 1.29 is 27.5 Å². The van der Waals surface area contributed by atoms with Crippen molar-refractivity contribution in [3.63, 3.8) is 0 Å². The Bertz CT molecular complexity index is 1070. The maximum absolute atomic E-state index is 12.2. The fourth-order valence-corrected chi connectivity index (χ4v) is 3.80. The molecule has 32 heavy (non-hydrogen) atoms. The number of anilines is 1. The molecule has 0 aromatic heterocycles. The third-order valence-electron chi connectivity index (χ3n) is 4.23. The highest BCUT2D eigenvalue weighted by Crippen LogP contribution is 2.15. The van der Waals surface area contributed by atoms with Gasteiger partial charge in [-0.1, -0.05) is 35.4 Å². The van der Waals surface area contributed by atoms with E-state index in [9.17, 15) is 22.8 Å². The SMILES string of the molecule is Cc1ccc(NC(=O)CN(C)C(=O)COC(=O)CCNS(=O)(=O)c2cccc(Cl)c2)cc1. The highest BCUT2D eigenvalue weighted by Gasteiger charge is 2.17. The Labute approximate surface area is 191 Å². The fraction of sp³-hybridized carbons (Fsp3) is 0.286. The average molecular weight is 482 g/mol. The fourth-order valence-electron chi connectivity index (χ4n) is 2.47. The molecule has 2 aromatic rings. The molecule has 0 radical (unpaired) electrons. The Balaban J connectivity index is 1.70. The zero-order valence-electron chi connectivity index (χ0n) is 17.6. The summed E-state index contributed by atoms with van der Waals surface area (Å²) >= 11 is 5.78. The highest BCUT2D eigenvalue weighted by molar-refractivity contribution is 7.89. The van der Waals surface area contributed by atoms with Crippen LogP contribution in [0.15, 0.2) is 53.4 Å². The minimum atomic E-state index is -3.83. The van der Waals surface area contributed by atoms with Crippen molar-refractivity contribution in [2.24, 2.45) is 0 Å². The van der Waals surface area contributed by atoms with E-state index in [0.717, 1.165) is 10.5 Å². The number of esters is 1. The first-order valence-electron chi connectivity index (χ1n) is 9.58. The van der Waals surface area contributed by atoms with Gasteiger partial charge in [-0.05, 0) is 37.3 Å². The van der Waals surface area contributed by atoms with E-state index in [4.69, 9.17) is 16.3 Å². The molecule has 2 N–H and O–H groups in total. The van der Waals surface area contributed by atoms with Crippen LogP contribution >= 0.6 is 11.6 Å². The molecule has 0 heterocycles. The van der Waals surface area contributed by atoms with Crippen molar-refractivity contribution in [1.82, 2.24) is 9.62 Å². The molecule has 2 aromatic carbocycles. The van der Waals surface area contributed by atoms with Crippen LogP contribution < -0.4 is 10.0 Å². The lowest BCUT2D eigenvalue weighted by Crippen LogP contribution is -2.37. The van der Waals surface area contributed by atoms with Gasteiger partial charge in [0.05, 0.1) is 17.9 Å². The van der Waals surface area contributed by atoms with Gasteiger partial charge in [-0.15, -0.1) is 0 Å². The van der Waals surface area contributed by atoms with Crippen LogP contribution in [0.5, 0.6) is 0 Å². The van der Waals surface area contributed by atoms with Gasteiger partial charge in [-0.2, -0.15) is 0 Å². The number of amides is 2. The number of nitrogens with zero attached hydrogens (tertiary/aromatic N) is 1. The van der Waals surface area contributed by atoms with Gasteiger partial charge < -0.3 is 15.0 Å². The third kappa shape index (κ3) is 8.29. The summed E-state index contributed by atoms with van der Waals surface area (Å²) < 4.78 is 31.4. The second-order valence-electron chi connectivity index (χ2n) is 6.93. The second-order valence-corrected chi connectivity index (χ2v) is 9.13. The van der Waals surface area contributed by atoms with Crippen LogP contribution in [0.25, 0.3) is 0 Å². The molecule has 0 aliphatic carbocycles. The molecule has 0 saturated heterocycles. The molecule has 0 saturated carbocycles. The summed E-state index contributed by atoms with van der Waals surface area (Å²) in [4.78, 5) is 37.0.